The zero-order valence-electron chi connectivity index (χ0n) is 15.7. The first-order chi connectivity index (χ1) is 12.0. The first kappa shape index (κ1) is 22.7. The van der Waals surface area contributed by atoms with Crippen LogP contribution in [0.3, 0.4) is 0 Å². The number of primary amides is 1. The Bertz CT molecular complexity index is 489. The molecule has 2 saturated heterocycles. The molecule has 0 unspecified atom stereocenters. The second kappa shape index (κ2) is 11.4. The van der Waals surface area contributed by atoms with E-state index in [1.165, 1.54) is 0 Å². The zero-order valence-corrected chi connectivity index (χ0v) is 16.6. The smallest absolute Gasteiger partial charge is 0.239 e. The number of hydrogen-bond acceptors (Lipinski definition) is 4. The molecule has 2 rings (SSSR count). The number of amides is 3. The van der Waals surface area contributed by atoms with E-state index in [-0.39, 0.29) is 42.7 Å². The fourth-order valence-electron chi connectivity index (χ4n) is 3.87. The Labute approximate surface area is 162 Å². The van der Waals surface area contributed by atoms with Crippen molar-refractivity contribution in [2.45, 2.75) is 57.9 Å². The SMILES string of the molecule is CCC[C@H]1CN(CCC(N)=O)C[C@@H]1NC(=O)CN1CCCCCC1=O.Cl. The normalized spacial score (nSPS) is 24.0. The molecule has 0 aromatic carbocycles. The van der Waals surface area contributed by atoms with E-state index < -0.39 is 0 Å². The van der Waals surface area contributed by atoms with Gasteiger partial charge < -0.3 is 20.9 Å². The molecule has 0 spiro atoms. The van der Waals surface area contributed by atoms with Crippen LogP contribution in [-0.2, 0) is 14.4 Å². The molecule has 2 aliphatic rings. The topological polar surface area (TPSA) is 95.7 Å². The number of rotatable bonds is 8. The van der Waals surface area contributed by atoms with Gasteiger partial charge in [0.05, 0.1) is 6.54 Å². The molecule has 0 bridgehead atoms. The molecule has 0 aromatic rings. The van der Waals surface area contributed by atoms with Crippen molar-refractivity contribution in [1.82, 2.24) is 15.1 Å². The van der Waals surface area contributed by atoms with E-state index >= 15 is 0 Å². The lowest BCUT2D eigenvalue weighted by molar-refractivity contribution is -0.135. The maximum Gasteiger partial charge on any atom is 0.239 e. The highest BCUT2D eigenvalue weighted by Gasteiger charge is 2.33. The Morgan fingerprint density at radius 3 is 2.69 bits per heavy atom. The molecule has 0 radical (unpaired) electrons. The number of carbonyl (C=O) groups is 3. The number of halogens is 1. The van der Waals surface area contributed by atoms with Crippen molar-refractivity contribution < 1.29 is 14.4 Å². The number of hydrogen-bond donors (Lipinski definition) is 2. The molecule has 0 aliphatic carbocycles. The summed E-state index contributed by atoms with van der Waals surface area (Å²) in [6.07, 6.45) is 5.96. The van der Waals surface area contributed by atoms with Crippen LogP contribution in [0, 0.1) is 5.92 Å². The molecule has 8 heteroatoms. The lowest BCUT2D eigenvalue weighted by Crippen LogP contribution is -2.46. The third-order valence-corrected chi connectivity index (χ3v) is 5.20. The van der Waals surface area contributed by atoms with Crippen LogP contribution in [0.1, 0.15) is 51.9 Å². The standard InChI is InChI=1S/C18H32N4O3.ClH/c1-2-6-14-11-21(10-8-16(19)23)12-15(14)20-17(24)13-22-9-5-3-4-7-18(22)25;/h14-15H,2-13H2,1H3,(H2,19,23)(H,20,24);1H/t14-,15-;/m0./s1. The van der Waals surface area contributed by atoms with Crippen molar-refractivity contribution in [2.24, 2.45) is 11.7 Å². The van der Waals surface area contributed by atoms with Gasteiger partial charge in [-0.05, 0) is 25.2 Å². The van der Waals surface area contributed by atoms with Crippen LogP contribution in [0.5, 0.6) is 0 Å². The van der Waals surface area contributed by atoms with E-state index in [1.807, 2.05) is 0 Å². The summed E-state index contributed by atoms with van der Waals surface area (Å²) in [6.45, 7) is 5.26. The average Bonchev–Trinajstić information content (AvgIpc) is 2.81. The quantitative estimate of drug-likeness (QED) is 0.645. The van der Waals surface area contributed by atoms with Gasteiger partial charge in [-0.2, -0.15) is 0 Å². The van der Waals surface area contributed by atoms with Crippen LogP contribution >= 0.6 is 12.4 Å². The van der Waals surface area contributed by atoms with Crippen molar-refractivity contribution in [3.8, 4) is 0 Å². The van der Waals surface area contributed by atoms with Crippen molar-refractivity contribution in [3.05, 3.63) is 0 Å². The largest absolute Gasteiger partial charge is 0.370 e. The van der Waals surface area contributed by atoms with Crippen molar-refractivity contribution in [2.75, 3.05) is 32.7 Å². The molecule has 26 heavy (non-hydrogen) atoms. The monoisotopic (exact) mass is 388 g/mol. The molecular weight excluding hydrogens is 356 g/mol. The van der Waals surface area contributed by atoms with Gasteiger partial charge >= 0.3 is 0 Å². The second-order valence-electron chi connectivity index (χ2n) is 7.32. The summed E-state index contributed by atoms with van der Waals surface area (Å²) >= 11 is 0. The van der Waals surface area contributed by atoms with Crippen molar-refractivity contribution in [1.29, 1.82) is 0 Å². The summed E-state index contributed by atoms with van der Waals surface area (Å²) in [7, 11) is 0. The third-order valence-electron chi connectivity index (χ3n) is 5.20. The fourth-order valence-corrected chi connectivity index (χ4v) is 3.87. The van der Waals surface area contributed by atoms with Gasteiger partial charge in [-0.1, -0.05) is 19.8 Å². The molecule has 2 atom stereocenters. The number of nitrogens with two attached hydrogens (primary N) is 1. The Morgan fingerprint density at radius 1 is 1.23 bits per heavy atom. The molecule has 3 amide bonds. The lowest BCUT2D eigenvalue weighted by Gasteiger charge is -2.23. The third kappa shape index (κ3) is 7.11. The predicted octanol–water partition coefficient (Wildman–Crippen LogP) is 0.903. The fraction of sp³-hybridized carbons (Fsp3) is 0.833. The number of carbonyl (C=O) groups excluding carboxylic acids is 3. The van der Waals surface area contributed by atoms with E-state index in [2.05, 4.69) is 17.1 Å². The Balaban J connectivity index is 0.00000338. The lowest BCUT2D eigenvalue weighted by atomic mass is 9.98. The molecule has 0 saturated carbocycles. The highest BCUT2D eigenvalue weighted by Crippen LogP contribution is 2.22. The average molecular weight is 389 g/mol. The molecule has 7 nitrogen and oxygen atoms in total. The van der Waals surface area contributed by atoms with Gasteiger partial charge in [0, 0.05) is 45.1 Å². The Kier molecular flexibility index (Phi) is 9.94. The zero-order chi connectivity index (χ0) is 18.2. The maximum absolute atomic E-state index is 12.4. The van der Waals surface area contributed by atoms with Gasteiger partial charge in [0.2, 0.25) is 17.7 Å². The van der Waals surface area contributed by atoms with E-state index in [0.29, 0.717) is 31.8 Å². The van der Waals surface area contributed by atoms with Crippen LogP contribution in [0.4, 0.5) is 0 Å². The summed E-state index contributed by atoms with van der Waals surface area (Å²) in [6, 6.07) is 0.0856. The molecule has 2 aliphatic heterocycles. The summed E-state index contributed by atoms with van der Waals surface area (Å²) < 4.78 is 0. The van der Waals surface area contributed by atoms with Gasteiger partial charge in [0.25, 0.3) is 0 Å². The van der Waals surface area contributed by atoms with Crippen LogP contribution in [0.2, 0.25) is 0 Å². The van der Waals surface area contributed by atoms with Gasteiger partial charge in [0.15, 0.2) is 0 Å². The van der Waals surface area contributed by atoms with Gasteiger partial charge in [0.1, 0.15) is 0 Å². The first-order valence-electron chi connectivity index (χ1n) is 9.57. The van der Waals surface area contributed by atoms with Crippen molar-refractivity contribution >= 4 is 30.1 Å². The Morgan fingerprint density at radius 2 is 2.00 bits per heavy atom. The number of likely N-dealkylation sites (tertiary alicyclic amines) is 2. The van der Waals surface area contributed by atoms with Crippen molar-refractivity contribution in [3.63, 3.8) is 0 Å². The molecule has 150 valence electrons. The number of nitrogens with one attached hydrogen (secondary N) is 1. The predicted molar refractivity (Wildman–Crippen MR) is 103 cm³/mol. The second-order valence-corrected chi connectivity index (χ2v) is 7.32. The molecular formula is C18H33ClN4O3. The highest BCUT2D eigenvalue weighted by atomic mass is 35.5. The minimum atomic E-state index is -0.292. The van der Waals surface area contributed by atoms with E-state index in [4.69, 9.17) is 5.73 Å². The van der Waals surface area contributed by atoms with Gasteiger partial charge in [-0.25, -0.2) is 0 Å². The van der Waals surface area contributed by atoms with E-state index in [0.717, 1.165) is 45.2 Å². The highest BCUT2D eigenvalue weighted by molar-refractivity contribution is 5.85. The Hall–Kier alpha value is -1.34. The minimum Gasteiger partial charge on any atom is -0.370 e. The molecule has 2 fully saturated rings. The molecule has 3 N–H and O–H groups in total. The van der Waals surface area contributed by atoms with Crippen LogP contribution in [-0.4, -0.2) is 66.3 Å². The van der Waals surface area contributed by atoms with Gasteiger partial charge in [-0.15, -0.1) is 12.4 Å². The minimum absolute atomic E-state index is 0. The summed E-state index contributed by atoms with van der Waals surface area (Å²) in [5.74, 6) is 0.117. The maximum atomic E-state index is 12.4. The molecule has 2 heterocycles. The van der Waals surface area contributed by atoms with Crippen LogP contribution in [0.15, 0.2) is 0 Å². The summed E-state index contributed by atoms with van der Waals surface area (Å²) in [4.78, 5) is 39.4. The summed E-state index contributed by atoms with van der Waals surface area (Å²) in [5.41, 5.74) is 5.24. The van der Waals surface area contributed by atoms with Gasteiger partial charge in [-0.3, -0.25) is 14.4 Å². The summed E-state index contributed by atoms with van der Waals surface area (Å²) in [5, 5.41) is 3.13. The number of nitrogens with zero attached hydrogens (tertiary/aromatic N) is 2. The van der Waals surface area contributed by atoms with Crippen LogP contribution < -0.4 is 11.1 Å². The first-order valence-corrected chi connectivity index (χ1v) is 9.57. The molecule has 0 aromatic heterocycles. The van der Waals surface area contributed by atoms with E-state index in [1.54, 1.807) is 4.90 Å². The van der Waals surface area contributed by atoms with E-state index in [9.17, 15) is 14.4 Å². The van der Waals surface area contributed by atoms with Crippen LogP contribution in [0.25, 0.3) is 0 Å².